The fraction of sp³-hybridized carbons (Fsp3) is 0.417. The van der Waals surface area contributed by atoms with Crippen molar-refractivity contribution < 1.29 is 21.6 Å². The Morgan fingerprint density at radius 3 is 2.38 bits per heavy atom. The van der Waals surface area contributed by atoms with E-state index in [4.69, 9.17) is 11.1 Å². The molecule has 0 aliphatic rings. The van der Waals surface area contributed by atoms with E-state index < -0.39 is 38.0 Å². The van der Waals surface area contributed by atoms with Crippen LogP contribution >= 0.6 is 0 Å². The third-order valence-electron chi connectivity index (χ3n) is 3.13. The second kappa shape index (κ2) is 5.64. The van der Waals surface area contributed by atoms with E-state index in [2.05, 4.69) is 4.72 Å². The fourth-order valence-electron chi connectivity index (χ4n) is 1.51. The van der Waals surface area contributed by atoms with E-state index in [-0.39, 0.29) is 6.42 Å². The van der Waals surface area contributed by atoms with E-state index in [9.17, 15) is 21.6 Å². The molecular formula is C12H16F3N3O2S. The molecule has 118 valence electrons. The van der Waals surface area contributed by atoms with Gasteiger partial charge in [-0.3, -0.25) is 5.41 Å². The van der Waals surface area contributed by atoms with Gasteiger partial charge in [0.2, 0.25) is 10.0 Å². The Labute approximate surface area is 120 Å². The van der Waals surface area contributed by atoms with Crippen LogP contribution in [0.3, 0.4) is 0 Å². The summed E-state index contributed by atoms with van der Waals surface area (Å²) in [6.07, 6.45) is -4.46. The first-order chi connectivity index (χ1) is 9.42. The van der Waals surface area contributed by atoms with Crippen LogP contribution in [0.1, 0.15) is 25.8 Å². The van der Waals surface area contributed by atoms with E-state index >= 15 is 0 Å². The monoisotopic (exact) mass is 323 g/mol. The normalized spacial score (nSPS) is 15.5. The number of alkyl halides is 3. The van der Waals surface area contributed by atoms with Crippen LogP contribution in [-0.2, 0) is 16.2 Å². The smallest absolute Gasteiger partial charge is 0.386 e. The summed E-state index contributed by atoms with van der Waals surface area (Å²) in [5.74, 6) is -0.416. The molecule has 0 aliphatic heterocycles. The minimum atomic E-state index is -4.64. The van der Waals surface area contributed by atoms with Gasteiger partial charge in [-0.25, -0.2) is 8.42 Å². The molecule has 1 rings (SSSR count). The van der Waals surface area contributed by atoms with E-state index in [1.807, 2.05) is 0 Å². The van der Waals surface area contributed by atoms with Crippen LogP contribution in [0.25, 0.3) is 0 Å². The Kier molecular flexibility index (Phi) is 4.69. The molecule has 0 spiro atoms. The largest absolute Gasteiger partial charge is 0.416 e. The van der Waals surface area contributed by atoms with Gasteiger partial charge >= 0.3 is 6.18 Å². The van der Waals surface area contributed by atoms with Gasteiger partial charge in [0, 0.05) is 0 Å². The molecule has 0 bridgehead atoms. The Hall–Kier alpha value is -1.61. The second-order valence-electron chi connectivity index (χ2n) is 4.73. The van der Waals surface area contributed by atoms with Gasteiger partial charge in [-0.05, 0) is 31.5 Å². The molecule has 0 heterocycles. The highest BCUT2D eigenvalue weighted by atomic mass is 32.2. The minimum Gasteiger partial charge on any atom is -0.386 e. The molecule has 4 N–H and O–H groups in total. The standard InChI is InChI=1S/C12H16F3N3O2S/c1-3-11(2,10(16)17)18-21(19,20)9-6-4-5-8(7-9)12(13,14)15/h4-7,18H,3H2,1-2H3,(H3,16,17). The lowest BCUT2D eigenvalue weighted by molar-refractivity contribution is -0.137. The maximum Gasteiger partial charge on any atom is 0.416 e. The zero-order chi connectivity index (χ0) is 16.5. The molecule has 0 saturated carbocycles. The summed E-state index contributed by atoms with van der Waals surface area (Å²) >= 11 is 0. The molecule has 0 saturated heterocycles. The van der Waals surface area contributed by atoms with E-state index in [0.29, 0.717) is 6.07 Å². The van der Waals surface area contributed by atoms with Gasteiger partial charge in [-0.2, -0.15) is 17.9 Å². The molecule has 5 nitrogen and oxygen atoms in total. The molecule has 0 aliphatic carbocycles. The Morgan fingerprint density at radius 2 is 1.95 bits per heavy atom. The van der Waals surface area contributed by atoms with Crippen molar-refractivity contribution in [3.05, 3.63) is 29.8 Å². The summed E-state index contributed by atoms with van der Waals surface area (Å²) in [6.45, 7) is 3.00. The Balaban J connectivity index is 3.24. The average Bonchev–Trinajstić information content (AvgIpc) is 2.37. The molecule has 0 radical (unpaired) electrons. The van der Waals surface area contributed by atoms with Crippen LogP contribution in [0.5, 0.6) is 0 Å². The predicted octanol–water partition coefficient (Wildman–Crippen LogP) is 2.09. The molecule has 9 heteroatoms. The second-order valence-corrected chi connectivity index (χ2v) is 6.41. The van der Waals surface area contributed by atoms with Crippen LogP contribution in [0.2, 0.25) is 0 Å². The highest BCUT2D eigenvalue weighted by Gasteiger charge is 2.34. The fourth-order valence-corrected chi connectivity index (χ4v) is 3.02. The van der Waals surface area contributed by atoms with E-state index in [1.165, 1.54) is 6.92 Å². The molecule has 1 atom stereocenters. The number of nitrogens with one attached hydrogen (secondary N) is 2. The summed E-state index contributed by atoms with van der Waals surface area (Å²) in [5.41, 5.74) is 2.92. The summed E-state index contributed by atoms with van der Waals surface area (Å²) in [5, 5.41) is 7.40. The van der Waals surface area contributed by atoms with Crippen molar-refractivity contribution in [2.24, 2.45) is 5.73 Å². The minimum absolute atomic E-state index is 0.181. The highest BCUT2D eigenvalue weighted by Crippen LogP contribution is 2.30. The number of hydrogen-bond acceptors (Lipinski definition) is 3. The van der Waals surface area contributed by atoms with Crippen molar-refractivity contribution in [3.8, 4) is 0 Å². The topological polar surface area (TPSA) is 96.0 Å². The van der Waals surface area contributed by atoms with E-state index in [0.717, 1.165) is 18.2 Å². The summed E-state index contributed by atoms with van der Waals surface area (Å²) in [6, 6.07) is 3.38. The lowest BCUT2D eigenvalue weighted by atomic mass is 10.00. The number of amidine groups is 1. The number of nitrogens with two attached hydrogens (primary N) is 1. The zero-order valence-corrected chi connectivity index (χ0v) is 12.3. The Morgan fingerprint density at radius 1 is 1.38 bits per heavy atom. The van der Waals surface area contributed by atoms with Crippen molar-refractivity contribution >= 4 is 15.9 Å². The van der Waals surface area contributed by atoms with Crippen molar-refractivity contribution in [2.75, 3.05) is 0 Å². The average molecular weight is 323 g/mol. The van der Waals surface area contributed by atoms with Crippen LogP contribution in [0.4, 0.5) is 13.2 Å². The molecule has 0 aromatic heterocycles. The lowest BCUT2D eigenvalue weighted by Crippen LogP contribution is -2.54. The van der Waals surface area contributed by atoms with Crippen molar-refractivity contribution in [1.82, 2.24) is 4.72 Å². The first kappa shape index (κ1) is 17.4. The number of rotatable bonds is 5. The Bertz CT molecular complexity index is 643. The number of hydrogen-bond donors (Lipinski definition) is 3. The van der Waals surface area contributed by atoms with E-state index in [1.54, 1.807) is 6.92 Å². The molecular weight excluding hydrogens is 307 g/mol. The first-order valence-electron chi connectivity index (χ1n) is 5.98. The van der Waals surface area contributed by atoms with Crippen LogP contribution in [0, 0.1) is 5.41 Å². The number of halogens is 3. The third-order valence-corrected chi connectivity index (χ3v) is 4.73. The maximum absolute atomic E-state index is 12.6. The van der Waals surface area contributed by atoms with Crippen LogP contribution in [-0.4, -0.2) is 19.8 Å². The van der Waals surface area contributed by atoms with Crippen LogP contribution < -0.4 is 10.5 Å². The third kappa shape index (κ3) is 3.94. The molecule has 0 fully saturated rings. The predicted molar refractivity (Wildman–Crippen MR) is 72.4 cm³/mol. The summed E-state index contributed by atoms with van der Waals surface area (Å²) in [4.78, 5) is -0.529. The quantitative estimate of drug-likeness (QED) is 0.572. The summed E-state index contributed by atoms with van der Waals surface area (Å²) in [7, 11) is -4.23. The van der Waals surface area contributed by atoms with Gasteiger partial charge in [0.25, 0.3) is 0 Å². The molecule has 1 aromatic carbocycles. The van der Waals surface area contributed by atoms with Crippen molar-refractivity contribution in [1.29, 1.82) is 5.41 Å². The van der Waals surface area contributed by atoms with Gasteiger partial charge < -0.3 is 5.73 Å². The van der Waals surface area contributed by atoms with Crippen molar-refractivity contribution in [2.45, 2.75) is 36.9 Å². The van der Waals surface area contributed by atoms with Crippen LogP contribution in [0.15, 0.2) is 29.2 Å². The summed E-state index contributed by atoms with van der Waals surface area (Å²) < 4.78 is 64.3. The molecule has 0 amide bonds. The van der Waals surface area contributed by atoms with Gasteiger partial charge in [-0.15, -0.1) is 0 Å². The molecule has 1 aromatic rings. The molecule has 21 heavy (non-hydrogen) atoms. The SMILES string of the molecule is CCC(C)(NS(=O)(=O)c1cccc(C(F)(F)F)c1)C(=N)N. The number of benzene rings is 1. The van der Waals surface area contributed by atoms with Gasteiger partial charge in [0.05, 0.1) is 16.0 Å². The first-order valence-corrected chi connectivity index (χ1v) is 7.46. The zero-order valence-electron chi connectivity index (χ0n) is 11.5. The maximum atomic E-state index is 12.6. The lowest BCUT2D eigenvalue weighted by Gasteiger charge is -2.27. The van der Waals surface area contributed by atoms with Crippen molar-refractivity contribution in [3.63, 3.8) is 0 Å². The highest BCUT2D eigenvalue weighted by molar-refractivity contribution is 7.89. The van der Waals surface area contributed by atoms with Gasteiger partial charge in [-0.1, -0.05) is 13.0 Å². The number of sulfonamides is 1. The van der Waals surface area contributed by atoms with Gasteiger partial charge in [0.15, 0.2) is 0 Å². The van der Waals surface area contributed by atoms with Gasteiger partial charge in [0.1, 0.15) is 5.84 Å². The molecule has 1 unspecified atom stereocenters.